The van der Waals surface area contributed by atoms with E-state index in [-0.39, 0.29) is 5.56 Å². The third-order valence-electron chi connectivity index (χ3n) is 3.47. The number of aromatic nitrogens is 4. The molecule has 0 saturated carbocycles. The maximum Gasteiger partial charge on any atom is 0.302 e. The second-order valence-electron chi connectivity index (χ2n) is 5.10. The van der Waals surface area contributed by atoms with Gasteiger partial charge in [0, 0.05) is 5.56 Å². The van der Waals surface area contributed by atoms with Crippen molar-refractivity contribution in [2.75, 3.05) is 0 Å². The zero-order valence-electron chi connectivity index (χ0n) is 12.5. The summed E-state index contributed by atoms with van der Waals surface area (Å²) in [5.41, 5.74) is 1.85. The summed E-state index contributed by atoms with van der Waals surface area (Å²) in [4.78, 5) is 13.1. The molecule has 0 radical (unpaired) electrons. The first-order valence-electron chi connectivity index (χ1n) is 7.36. The monoisotopic (exact) mass is 332 g/mol. The van der Waals surface area contributed by atoms with Crippen LogP contribution >= 0.6 is 11.3 Å². The van der Waals surface area contributed by atoms with Gasteiger partial charge in [-0.05, 0) is 11.6 Å². The van der Waals surface area contributed by atoms with Gasteiger partial charge in [0.2, 0.25) is 4.96 Å². The summed E-state index contributed by atoms with van der Waals surface area (Å²) in [6.07, 6.45) is 3.82. The average Bonchev–Trinajstić information content (AvgIpc) is 3.06. The zero-order valence-corrected chi connectivity index (χ0v) is 13.4. The van der Waals surface area contributed by atoms with Crippen molar-refractivity contribution in [3.8, 4) is 11.3 Å². The van der Waals surface area contributed by atoms with Crippen LogP contribution < -0.4 is 5.56 Å². The number of hydrogen-bond acceptors (Lipinski definition) is 5. The van der Waals surface area contributed by atoms with Crippen LogP contribution in [0.1, 0.15) is 10.6 Å². The van der Waals surface area contributed by atoms with Crippen LogP contribution in [0.5, 0.6) is 0 Å². The Balaban J connectivity index is 1.75. The largest absolute Gasteiger partial charge is 0.302 e. The summed E-state index contributed by atoms with van der Waals surface area (Å²) >= 11 is 1.33. The molecular weight excluding hydrogens is 320 g/mol. The van der Waals surface area contributed by atoms with E-state index >= 15 is 0 Å². The highest BCUT2D eigenvalue weighted by molar-refractivity contribution is 7.17. The van der Waals surface area contributed by atoms with Crippen molar-refractivity contribution in [1.29, 1.82) is 0 Å². The number of benzene rings is 2. The Morgan fingerprint density at radius 1 is 0.875 bits per heavy atom. The lowest BCUT2D eigenvalue weighted by molar-refractivity contribution is 0.856. The molecule has 4 rings (SSSR count). The second-order valence-corrected chi connectivity index (χ2v) is 6.09. The van der Waals surface area contributed by atoms with Gasteiger partial charge in [0.05, 0.1) is 0 Å². The van der Waals surface area contributed by atoms with Crippen molar-refractivity contribution in [3.63, 3.8) is 0 Å². The molecule has 2 aromatic carbocycles. The summed E-state index contributed by atoms with van der Waals surface area (Å²) in [6, 6.07) is 19.2. The quantitative estimate of drug-likeness (QED) is 0.577. The van der Waals surface area contributed by atoms with Gasteiger partial charge in [-0.25, -0.2) is 0 Å². The summed E-state index contributed by atoms with van der Waals surface area (Å²) in [7, 11) is 0. The fourth-order valence-electron chi connectivity index (χ4n) is 2.31. The van der Waals surface area contributed by atoms with Crippen LogP contribution in [-0.4, -0.2) is 19.8 Å². The van der Waals surface area contributed by atoms with Crippen molar-refractivity contribution < 1.29 is 0 Å². The van der Waals surface area contributed by atoms with Gasteiger partial charge in [0.15, 0.2) is 5.69 Å². The molecule has 0 aliphatic heterocycles. The molecule has 0 unspecified atom stereocenters. The van der Waals surface area contributed by atoms with E-state index in [1.807, 2.05) is 72.8 Å². The third-order valence-corrected chi connectivity index (χ3v) is 4.34. The number of nitrogens with zero attached hydrogens (tertiary/aromatic N) is 4. The van der Waals surface area contributed by atoms with Gasteiger partial charge in [0.25, 0.3) is 0 Å². The highest BCUT2D eigenvalue weighted by Crippen LogP contribution is 2.16. The molecule has 2 heterocycles. The van der Waals surface area contributed by atoms with Crippen LogP contribution in [0.2, 0.25) is 0 Å². The summed E-state index contributed by atoms with van der Waals surface area (Å²) in [5, 5.41) is 13.3. The Bertz CT molecular complexity index is 1070. The molecule has 0 aliphatic carbocycles. The van der Waals surface area contributed by atoms with Gasteiger partial charge in [0.1, 0.15) is 5.01 Å². The molecule has 4 aromatic rings. The van der Waals surface area contributed by atoms with Crippen molar-refractivity contribution in [1.82, 2.24) is 19.8 Å². The number of fused-ring (bicyclic) bond motifs is 1. The molecule has 24 heavy (non-hydrogen) atoms. The molecule has 0 N–H and O–H groups in total. The molecule has 0 aliphatic rings. The van der Waals surface area contributed by atoms with Gasteiger partial charge in [-0.3, -0.25) is 4.79 Å². The Hall–Kier alpha value is -3.12. The minimum Gasteiger partial charge on any atom is -0.265 e. The molecule has 6 heteroatoms. The Labute approximate surface area is 141 Å². The van der Waals surface area contributed by atoms with Gasteiger partial charge < -0.3 is 0 Å². The highest BCUT2D eigenvalue weighted by atomic mass is 32.1. The van der Waals surface area contributed by atoms with Crippen molar-refractivity contribution in [2.45, 2.75) is 0 Å². The van der Waals surface area contributed by atoms with Crippen LogP contribution in [0.25, 0.3) is 28.4 Å². The van der Waals surface area contributed by atoms with Crippen molar-refractivity contribution in [3.05, 3.63) is 81.6 Å². The molecule has 0 amide bonds. The molecule has 0 atom stereocenters. The average molecular weight is 332 g/mol. The van der Waals surface area contributed by atoms with E-state index in [0.29, 0.717) is 15.7 Å². The second kappa shape index (κ2) is 6.17. The van der Waals surface area contributed by atoms with Crippen LogP contribution in [-0.2, 0) is 0 Å². The smallest absolute Gasteiger partial charge is 0.265 e. The molecule has 116 valence electrons. The Morgan fingerprint density at radius 3 is 2.33 bits per heavy atom. The summed E-state index contributed by atoms with van der Waals surface area (Å²) in [6.45, 7) is 0. The van der Waals surface area contributed by atoms with Crippen LogP contribution in [0, 0.1) is 0 Å². The summed E-state index contributed by atoms with van der Waals surface area (Å²) in [5.74, 6) is 0. The zero-order chi connectivity index (χ0) is 16.4. The lowest BCUT2D eigenvalue weighted by Gasteiger charge is -1.97. The molecule has 2 aromatic heterocycles. The fraction of sp³-hybridized carbons (Fsp3) is 0. The minimum atomic E-state index is -0.262. The molecule has 0 bridgehead atoms. The van der Waals surface area contributed by atoms with Crippen LogP contribution in [0.15, 0.2) is 65.5 Å². The maximum atomic E-state index is 12.6. The van der Waals surface area contributed by atoms with Gasteiger partial charge in [-0.2, -0.15) is 9.61 Å². The first kappa shape index (κ1) is 14.5. The van der Waals surface area contributed by atoms with E-state index in [0.717, 1.165) is 11.1 Å². The van der Waals surface area contributed by atoms with Crippen LogP contribution in [0.3, 0.4) is 0 Å². The van der Waals surface area contributed by atoms with E-state index < -0.39 is 0 Å². The van der Waals surface area contributed by atoms with E-state index in [1.165, 1.54) is 15.9 Å². The standard InChI is InChI=1S/C18H12N4OS/c23-17-16(14-9-5-2-6-10-14)19-20-18-22(17)21-15(24-18)12-11-13-7-3-1-4-8-13/h1-12H/b12-11+. The predicted octanol–water partition coefficient (Wildman–Crippen LogP) is 3.38. The van der Waals surface area contributed by atoms with E-state index in [4.69, 9.17) is 0 Å². The van der Waals surface area contributed by atoms with E-state index in [9.17, 15) is 4.79 Å². The third kappa shape index (κ3) is 2.75. The Morgan fingerprint density at radius 2 is 1.58 bits per heavy atom. The van der Waals surface area contributed by atoms with Gasteiger partial charge in [-0.15, -0.1) is 10.2 Å². The first-order valence-corrected chi connectivity index (χ1v) is 8.18. The molecule has 0 spiro atoms. The molecule has 0 fully saturated rings. The first-order chi connectivity index (χ1) is 11.8. The van der Waals surface area contributed by atoms with Crippen LogP contribution in [0.4, 0.5) is 0 Å². The Kier molecular flexibility index (Phi) is 3.72. The van der Waals surface area contributed by atoms with E-state index in [1.54, 1.807) is 0 Å². The molecule has 5 nitrogen and oxygen atoms in total. The number of hydrogen-bond donors (Lipinski definition) is 0. The predicted molar refractivity (Wildman–Crippen MR) is 95.7 cm³/mol. The minimum absolute atomic E-state index is 0.262. The fourth-order valence-corrected chi connectivity index (χ4v) is 3.04. The molecular formula is C18H12N4OS. The topological polar surface area (TPSA) is 60.2 Å². The van der Waals surface area contributed by atoms with Crippen molar-refractivity contribution in [2.24, 2.45) is 0 Å². The SMILES string of the molecule is O=c1c(-c2ccccc2)nnc2sc(/C=C/c3ccccc3)nn12. The van der Waals surface area contributed by atoms with E-state index in [2.05, 4.69) is 15.3 Å². The van der Waals surface area contributed by atoms with Gasteiger partial charge in [-0.1, -0.05) is 78.1 Å². The summed E-state index contributed by atoms with van der Waals surface area (Å²) < 4.78 is 1.31. The van der Waals surface area contributed by atoms with Crippen molar-refractivity contribution >= 4 is 28.4 Å². The highest BCUT2D eigenvalue weighted by Gasteiger charge is 2.12. The van der Waals surface area contributed by atoms with Gasteiger partial charge >= 0.3 is 5.56 Å². The molecule has 0 saturated heterocycles. The maximum absolute atomic E-state index is 12.6. The lowest BCUT2D eigenvalue weighted by Crippen LogP contribution is -2.19. The number of rotatable bonds is 3. The lowest BCUT2D eigenvalue weighted by atomic mass is 10.2. The normalized spacial score (nSPS) is 11.3.